The molecular weight excluding hydrogens is 292 g/mol. The fourth-order valence-electron chi connectivity index (χ4n) is 3.15. The molecule has 0 saturated heterocycles. The molecule has 0 nitrogen and oxygen atoms in total. The number of halogens is 1. The molecule has 1 aromatic rings. The van der Waals surface area contributed by atoms with Crippen molar-refractivity contribution in [1.29, 1.82) is 0 Å². The van der Waals surface area contributed by atoms with Crippen molar-refractivity contribution < 1.29 is 0 Å². The quantitative estimate of drug-likeness (QED) is 0.689. The molecule has 0 bridgehead atoms. The van der Waals surface area contributed by atoms with E-state index in [0.29, 0.717) is 0 Å². The number of benzene rings is 1. The van der Waals surface area contributed by atoms with Gasteiger partial charge in [0.1, 0.15) is 0 Å². The van der Waals surface area contributed by atoms with E-state index in [0.717, 1.165) is 16.0 Å². The summed E-state index contributed by atoms with van der Waals surface area (Å²) < 4.78 is 0. The summed E-state index contributed by atoms with van der Waals surface area (Å²) in [6.45, 7) is 0. The van der Waals surface area contributed by atoms with Crippen molar-refractivity contribution in [3.05, 3.63) is 29.8 Å². The lowest BCUT2D eigenvalue weighted by Gasteiger charge is -2.29. The second kappa shape index (κ2) is 5.36. The fraction of sp³-hybridized carbons (Fsp3) is 0.600. The van der Waals surface area contributed by atoms with E-state index in [-0.39, 0.29) is 0 Å². The number of hydrogen-bond acceptors (Lipinski definition) is 1. The van der Waals surface area contributed by atoms with Crippen LogP contribution in [0.15, 0.2) is 29.2 Å². The first-order valence-corrected chi connectivity index (χ1v) is 8.51. The maximum absolute atomic E-state index is 3.89. The number of hydrogen-bond donors (Lipinski definition) is 0. The van der Waals surface area contributed by atoms with Gasteiger partial charge in [0.15, 0.2) is 0 Å². The third kappa shape index (κ3) is 2.73. The molecular formula is C15H19BrS. The Hall–Kier alpha value is 0.0500. The molecule has 2 heteroatoms. The summed E-state index contributed by atoms with van der Waals surface area (Å²) in [5, 5.41) is 0.829. The minimum atomic E-state index is 0.778. The van der Waals surface area contributed by atoms with Crippen LogP contribution in [0.1, 0.15) is 37.7 Å². The average Bonchev–Trinajstić information content (AvgIpc) is 2.74. The van der Waals surface area contributed by atoms with E-state index < -0.39 is 0 Å². The summed E-state index contributed by atoms with van der Waals surface area (Å²) in [5.41, 5.74) is 1.57. The van der Waals surface area contributed by atoms with Crippen LogP contribution in [0.25, 0.3) is 0 Å². The molecule has 1 aliphatic heterocycles. The predicted octanol–water partition coefficient (Wildman–Crippen LogP) is 5.05. The highest BCUT2D eigenvalue weighted by atomic mass is 79.9. The van der Waals surface area contributed by atoms with Crippen LogP contribution in [0.2, 0.25) is 0 Å². The van der Waals surface area contributed by atoms with Gasteiger partial charge >= 0.3 is 0 Å². The van der Waals surface area contributed by atoms with Gasteiger partial charge in [0, 0.05) is 15.0 Å². The molecule has 0 N–H and O–H groups in total. The zero-order valence-electron chi connectivity index (χ0n) is 10.1. The molecule has 1 saturated carbocycles. The Morgan fingerprint density at radius 1 is 1.18 bits per heavy atom. The van der Waals surface area contributed by atoms with Crippen LogP contribution in [-0.2, 0) is 6.42 Å². The maximum atomic E-state index is 3.89. The van der Waals surface area contributed by atoms with E-state index in [4.69, 9.17) is 0 Å². The first-order valence-electron chi connectivity index (χ1n) is 6.71. The van der Waals surface area contributed by atoms with Crippen LogP contribution >= 0.6 is 27.7 Å². The summed E-state index contributed by atoms with van der Waals surface area (Å²) in [4.78, 5) is 2.31. The molecule has 1 fully saturated rings. The number of fused-ring (bicyclic) bond motifs is 1. The van der Waals surface area contributed by atoms with E-state index in [1.807, 2.05) is 0 Å². The Bertz CT molecular complexity index is 365. The molecule has 0 aromatic heterocycles. The molecule has 0 radical (unpaired) electrons. The Kier molecular flexibility index (Phi) is 3.81. The van der Waals surface area contributed by atoms with Crippen LogP contribution in [0, 0.1) is 5.92 Å². The van der Waals surface area contributed by atoms with Gasteiger partial charge < -0.3 is 0 Å². The van der Waals surface area contributed by atoms with Gasteiger partial charge in [-0.15, -0.1) is 11.8 Å². The van der Waals surface area contributed by atoms with Crippen molar-refractivity contribution in [1.82, 2.24) is 0 Å². The van der Waals surface area contributed by atoms with Crippen LogP contribution in [0.3, 0.4) is 0 Å². The van der Waals surface area contributed by atoms with E-state index in [9.17, 15) is 0 Å². The summed E-state index contributed by atoms with van der Waals surface area (Å²) in [6.07, 6.45) is 8.37. The molecule has 3 atom stereocenters. The van der Waals surface area contributed by atoms with Gasteiger partial charge in [-0.1, -0.05) is 47.0 Å². The summed E-state index contributed by atoms with van der Waals surface area (Å²) in [6, 6.07) is 8.93. The Balaban J connectivity index is 1.61. The van der Waals surface area contributed by atoms with Crippen molar-refractivity contribution in [3.63, 3.8) is 0 Å². The zero-order chi connectivity index (χ0) is 11.7. The molecule has 0 amide bonds. The van der Waals surface area contributed by atoms with Crippen molar-refractivity contribution >= 4 is 27.7 Å². The molecule has 1 aliphatic carbocycles. The van der Waals surface area contributed by atoms with Crippen molar-refractivity contribution in [3.8, 4) is 0 Å². The third-order valence-electron chi connectivity index (χ3n) is 4.10. The van der Waals surface area contributed by atoms with E-state index in [2.05, 4.69) is 52.0 Å². The second-order valence-electron chi connectivity index (χ2n) is 5.35. The first kappa shape index (κ1) is 12.1. The smallest absolute Gasteiger partial charge is 0.0174 e. The lowest BCUT2D eigenvalue weighted by atomic mass is 9.85. The van der Waals surface area contributed by atoms with E-state index in [1.165, 1.54) is 43.4 Å². The molecule has 3 unspecified atom stereocenters. The third-order valence-corrected chi connectivity index (χ3v) is 6.65. The van der Waals surface area contributed by atoms with Gasteiger partial charge in [0.2, 0.25) is 0 Å². The molecule has 1 aromatic carbocycles. The SMILES string of the molecule is BrC1CCCCC1CC1Cc2ccccc2S1. The van der Waals surface area contributed by atoms with Crippen LogP contribution in [-0.4, -0.2) is 10.1 Å². The Morgan fingerprint density at radius 2 is 2.00 bits per heavy atom. The minimum Gasteiger partial charge on any atom is -0.122 e. The molecule has 92 valence electrons. The molecule has 3 rings (SSSR count). The van der Waals surface area contributed by atoms with Gasteiger partial charge in [-0.05, 0) is 43.2 Å². The lowest BCUT2D eigenvalue weighted by Crippen LogP contribution is -2.22. The standard InChI is InChI=1S/C15H19BrS/c16-14-7-3-1-5-11(14)9-13-10-12-6-2-4-8-15(12)17-13/h2,4,6,8,11,13-14H,1,3,5,7,9-10H2. The van der Waals surface area contributed by atoms with E-state index in [1.54, 1.807) is 5.56 Å². The molecule has 0 spiro atoms. The van der Waals surface area contributed by atoms with Crippen LogP contribution in [0.5, 0.6) is 0 Å². The van der Waals surface area contributed by atoms with Gasteiger partial charge in [0.05, 0.1) is 0 Å². The number of alkyl halides is 1. The monoisotopic (exact) mass is 310 g/mol. The highest BCUT2D eigenvalue weighted by Gasteiger charge is 2.29. The average molecular weight is 311 g/mol. The molecule has 1 heterocycles. The highest BCUT2D eigenvalue weighted by molar-refractivity contribution is 9.09. The van der Waals surface area contributed by atoms with Gasteiger partial charge in [0.25, 0.3) is 0 Å². The topological polar surface area (TPSA) is 0 Å². The predicted molar refractivity (Wildman–Crippen MR) is 79.1 cm³/mol. The lowest BCUT2D eigenvalue weighted by molar-refractivity contribution is 0.352. The fourth-order valence-corrected chi connectivity index (χ4v) is 5.38. The van der Waals surface area contributed by atoms with Crippen molar-refractivity contribution in [2.24, 2.45) is 5.92 Å². The van der Waals surface area contributed by atoms with E-state index >= 15 is 0 Å². The number of rotatable bonds is 2. The second-order valence-corrected chi connectivity index (χ2v) is 7.87. The van der Waals surface area contributed by atoms with Crippen molar-refractivity contribution in [2.45, 2.75) is 53.5 Å². The number of thioether (sulfide) groups is 1. The Morgan fingerprint density at radius 3 is 2.82 bits per heavy atom. The molecule has 17 heavy (non-hydrogen) atoms. The Labute approximate surface area is 117 Å². The molecule has 2 aliphatic rings. The normalized spacial score (nSPS) is 32.4. The highest BCUT2D eigenvalue weighted by Crippen LogP contribution is 2.42. The van der Waals surface area contributed by atoms with Gasteiger partial charge in [-0.3, -0.25) is 0 Å². The van der Waals surface area contributed by atoms with Crippen molar-refractivity contribution in [2.75, 3.05) is 0 Å². The first-order chi connectivity index (χ1) is 8.33. The minimum absolute atomic E-state index is 0.778. The largest absolute Gasteiger partial charge is 0.122 e. The van der Waals surface area contributed by atoms with Crippen LogP contribution in [0.4, 0.5) is 0 Å². The zero-order valence-corrected chi connectivity index (χ0v) is 12.5. The maximum Gasteiger partial charge on any atom is 0.0174 e. The summed E-state index contributed by atoms with van der Waals surface area (Å²) >= 11 is 6.00. The summed E-state index contributed by atoms with van der Waals surface area (Å²) in [7, 11) is 0. The van der Waals surface area contributed by atoms with Crippen LogP contribution < -0.4 is 0 Å². The van der Waals surface area contributed by atoms with Gasteiger partial charge in [-0.25, -0.2) is 0 Å². The van der Waals surface area contributed by atoms with Gasteiger partial charge in [-0.2, -0.15) is 0 Å². The summed E-state index contributed by atoms with van der Waals surface area (Å²) in [5.74, 6) is 0.913.